The molecule has 70 valence electrons. The van der Waals surface area contributed by atoms with Crippen LogP contribution in [0.4, 0.5) is 0 Å². The van der Waals surface area contributed by atoms with Gasteiger partial charge in [-0.15, -0.1) is 0 Å². The molecule has 0 saturated heterocycles. The highest BCUT2D eigenvalue weighted by Gasteiger charge is 2.15. The molecule has 1 heterocycles. The van der Waals surface area contributed by atoms with Crippen molar-refractivity contribution in [1.29, 1.82) is 0 Å². The molecular weight excluding hydrogens is 164 g/mol. The Hall–Kier alpha value is -1.38. The van der Waals surface area contributed by atoms with Crippen LogP contribution in [0.5, 0.6) is 0 Å². The maximum absolute atomic E-state index is 8.55. The maximum atomic E-state index is 8.55. The summed E-state index contributed by atoms with van der Waals surface area (Å²) in [4.78, 5) is 8.26. The third-order valence-corrected chi connectivity index (χ3v) is 1.67. The zero-order valence-corrected chi connectivity index (χ0v) is 8.15. The lowest BCUT2D eigenvalue weighted by molar-refractivity contribution is 0.477. The fraction of sp³-hybridized carbons (Fsp3) is 0.400. The van der Waals surface area contributed by atoms with Crippen molar-refractivity contribution < 1.29 is 5.11 Å². The number of hydrogen-bond donors (Lipinski definition) is 1. The lowest BCUT2D eigenvalue weighted by Crippen LogP contribution is -2.14. The molecule has 0 aliphatic carbocycles. The summed E-state index contributed by atoms with van der Waals surface area (Å²) in [5.41, 5.74) is 0.983. The largest absolute Gasteiger partial charge is 0.515 e. The Morgan fingerprint density at radius 3 is 2.62 bits per heavy atom. The first kappa shape index (κ1) is 9.71. The molecule has 0 radical (unpaired) electrons. The summed E-state index contributed by atoms with van der Waals surface area (Å²) < 4.78 is 0. The molecule has 0 fully saturated rings. The van der Waals surface area contributed by atoms with E-state index in [1.54, 1.807) is 6.20 Å². The number of aliphatic hydroxyl groups excluding tert-OH is 1. The lowest BCUT2D eigenvalue weighted by Gasteiger charge is -2.17. The summed E-state index contributed by atoms with van der Waals surface area (Å²) in [5.74, 6) is 0.537. The fourth-order valence-electron chi connectivity index (χ4n) is 0.938. The zero-order valence-electron chi connectivity index (χ0n) is 8.15. The summed E-state index contributed by atoms with van der Waals surface area (Å²) in [6, 6.07) is 1.88. The van der Waals surface area contributed by atoms with Crippen LogP contribution in [-0.2, 0) is 5.41 Å². The molecule has 0 unspecified atom stereocenters. The van der Waals surface area contributed by atoms with E-state index in [1.165, 1.54) is 6.08 Å². The highest BCUT2D eigenvalue weighted by Crippen LogP contribution is 2.19. The number of hydrogen-bond acceptors (Lipinski definition) is 3. The van der Waals surface area contributed by atoms with E-state index in [-0.39, 0.29) is 5.41 Å². The van der Waals surface area contributed by atoms with Gasteiger partial charge in [0.05, 0.1) is 6.26 Å². The van der Waals surface area contributed by atoms with Gasteiger partial charge in [0.25, 0.3) is 0 Å². The van der Waals surface area contributed by atoms with Crippen LogP contribution >= 0.6 is 0 Å². The van der Waals surface area contributed by atoms with Gasteiger partial charge in [0.1, 0.15) is 0 Å². The molecule has 0 aromatic carbocycles. The molecule has 3 nitrogen and oxygen atoms in total. The predicted molar refractivity (Wildman–Crippen MR) is 52.4 cm³/mol. The molecule has 0 saturated carbocycles. The quantitative estimate of drug-likeness (QED) is 0.671. The summed E-state index contributed by atoms with van der Waals surface area (Å²) in [6.45, 7) is 6.26. The average molecular weight is 178 g/mol. The van der Waals surface area contributed by atoms with E-state index in [9.17, 15) is 0 Å². The first-order chi connectivity index (χ1) is 6.04. The van der Waals surface area contributed by atoms with Crippen LogP contribution < -0.4 is 0 Å². The molecule has 0 bridgehead atoms. The van der Waals surface area contributed by atoms with E-state index in [4.69, 9.17) is 5.11 Å². The summed E-state index contributed by atoms with van der Waals surface area (Å²) in [6.07, 6.45) is 4.11. The highest BCUT2D eigenvalue weighted by molar-refractivity contribution is 5.38. The molecule has 1 aromatic heterocycles. The van der Waals surface area contributed by atoms with Crippen LogP contribution in [0.3, 0.4) is 0 Å². The van der Waals surface area contributed by atoms with Crippen LogP contribution in [0.25, 0.3) is 6.08 Å². The van der Waals surface area contributed by atoms with E-state index in [2.05, 4.69) is 30.7 Å². The molecule has 0 aliphatic rings. The van der Waals surface area contributed by atoms with E-state index >= 15 is 0 Å². The van der Waals surface area contributed by atoms with Crippen LogP contribution in [-0.4, -0.2) is 15.1 Å². The Labute approximate surface area is 78.2 Å². The van der Waals surface area contributed by atoms with E-state index in [1.807, 2.05) is 6.07 Å². The molecule has 0 spiro atoms. The molecule has 1 N–H and O–H groups in total. The van der Waals surface area contributed by atoms with Crippen molar-refractivity contribution >= 4 is 6.08 Å². The van der Waals surface area contributed by atoms with Gasteiger partial charge in [-0.2, -0.15) is 0 Å². The number of rotatable bonds is 1. The minimum atomic E-state index is 0.0149. The minimum Gasteiger partial charge on any atom is -0.515 e. The van der Waals surface area contributed by atoms with Crippen molar-refractivity contribution in [3.05, 3.63) is 30.0 Å². The van der Waals surface area contributed by atoms with Gasteiger partial charge in [-0.25, -0.2) is 9.97 Å². The zero-order chi connectivity index (χ0) is 9.90. The van der Waals surface area contributed by atoms with Gasteiger partial charge in [-0.1, -0.05) is 20.8 Å². The van der Waals surface area contributed by atoms with Crippen molar-refractivity contribution in [1.82, 2.24) is 9.97 Å². The molecule has 3 heteroatoms. The standard InChI is InChI=1S/C10H14N2O/c1-10(2,3)8-4-6-11-9(12-8)5-7-13/h4-7,13H,1-3H3/b7-5-. The smallest absolute Gasteiger partial charge is 0.155 e. The van der Waals surface area contributed by atoms with Crippen molar-refractivity contribution in [2.24, 2.45) is 0 Å². The normalized spacial score (nSPS) is 12.2. The van der Waals surface area contributed by atoms with Gasteiger partial charge < -0.3 is 5.11 Å². The average Bonchev–Trinajstić information content (AvgIpc) is 2.04. The number of nitrogens with zero attached hydrogens (tertiary/aromatic N) is 2. The second-order valence-electron chi connectivity index (χ2n) is 3.87. The molecular formula is C10H14N2O. The lowest BCUT2D eigenvalue weighted by atomic mass is 9.92. The predicted octanol–water partition coefficient (Wildman–Crippen LogP) is 2.30. The summed E-state index contributed by atoms with van der Waals surface area (Å²) in [5, 5.41) is 8.55. The SMILES string of the molecule is CC(C)(C)c1ccnc(/C=C\O)n1. The van der Waals surface area contributed by atoms with Crippen molar-refractivity contribution in [2.75, 3.05) is 0 Å². The molecule has 0 atom stereocenters. The van der Waals surface area contributed by atoms with Gasteiger partial charge >= 0.3 is 0 Å². The van der Waals surface area contributed by atoms with E-state index in [0.717, 1.165) is 12.0 Å². The van der Waals surface area contributed by atoms with Gasteiger partial charge in [-0.3, -0.25) is 0 Å². The number of aliphatic hydroxyl groups is 1. The molecule has 0 aliphatic heterocycles. The van der Waals surface area contributed by atoms with Crippen LogP contribution in [0.2, 0.25) is 0 Å². The molecule has 13 heavy (non-hydrogen) atoms. The third kappa shape index (κ3) is 2.54. The van der Waals surface area contributed by atoms with Gasteiger partial charge in [0.2, 0.25) is 0 Å². The fourth-order valence-corrected chi connectivity index (χ4v) is 0.938. The highest BCUT2D eigenvalue weighted by atomic mass is 16.2. The Morgan fingerprint density at radius 2 is 2.08 bits per heavy atom. The first-order valence-corrected chi connectivity index (χ1v) is 4.18. The second-order valence-corrected chi connectivity index (χ2v) is 3.87. The second kappa shape index (κ2) is 3.56. The van der Waals surface area contributed by atoms with E-state index < -0.39 is 0 Å². The topological polar surface area (TPSA) is 46.0 Å². The Balaban J connectivity index is 3.05. The van der Waals surface area contributed by atoms with Gasteiger partial charge in [0.15, 0.2) is 5.82 Å². The monoisotopic (exact) mass is 178 g/mol. The Bertz CT molecular complexity index is 313. The third-order valence-electron chi connectivity index (χ3n) is 1.67. The van der Waals surface area contributed by atoms with Crippen molar-refractivity contribution in [3.8, 4) is 0 Å². The van der Waals surface area contributed by atoms with Crippen LogP contribution in [0.15, 0.2) is 18.5 Å². The van der Waals surface area contributed by atoms with Crippen molar-refractivity contribution in [3.63, 3.8) is 0 Å². The minimum absolute atomic E-state index is 0.0149. The van der Waals surface area contributed by atoms with Gasteiger partial charge in [-0.05, 0) is 6.07 Å². The van der Waals surface area contributed by atoms with Crippen LogP contribution in [0.1, 0.15) is 32.3 Å². The summed E-state index contributed by atoms with van der Waals surface area (Å²) >= 11 is 0. The van der Waals surface area contributed by atoms with Gasteiger partial charge in [0, 0.05) is 23.4 Å². The van der Waals surface area contributed by atoms with Crippen molar-refractivity contribution in [2.45, 2.75) is 26.2 Å². The molecule has 1 aromatic rings. The Kier molecular flexibility index (Phi) is 2.66. The maximum Gasteiger partial charge on any atom is 0.155 e. The number of aromatic nitrogens is 2. The Morgan fingerprint density at radius 1 is 1.38 bits per heavy atom. The van der Waals surface area contributed by atoms with E-state index in [0.29, 0.717) is 5.82 Å². The molecule has 1 rings (SSSR count). The molecule has 0 amide bonds. The summed E-state index contributed by atoms with van der Waals surface area (Å²) in [7, 11) is 0. The van der Waals surface area contributed by atoms with Crippen LogP contribution in [0, 0.1) is 0 Å². The first-order valence-electron chi connectivity index (χ1n) is 4.18.